The van der Waals surface area contributed by atoms with Crippen molar-refractivity contribution < 1.29 is 9.59 Å². The molecule has 0 aromatic heterocycles. The summed E-state index contributed by atoms with van der Waals surface area (Å²) in [6, 6.07) is -0.446. The Balaban J connectivity index is 1.47. The third-order valence-electron chi connectivity index (χ3n) is 6.43. The highest BCUT2D eigenvalue weighted by Gasteiger charge is 2.55. The maximum Gasteiger partial charge on any atom is 0.240 e. The third kappa shape index (κ3) is 2.47. The first-order valence-electron chi connectivity index (χ1n) is 8.64. The van der Waals surface area contributed by atoms with E-state index >= 15 is 0 Å². The van der Waals surface area contributed by atoms with E-state index in [-0.39, 0.29) is 17.2 Å². The molecule has 0 saturated heterocycles. The first kappa shape index (κ1) is 13.6. The van der Waals surface area contributed by atoms with E-state index in [1.165, 1.54) is 32.1 Å². The summed E-state index contributed by atoms with van der Waals surface area (Å²) in [5.41, 5.74) is 5.32. The molecule has 2 amide bonds. The van der Waals surface area contributed by atoms with Crippen LogP contribution in [0.15, 0.2) is 0 Å². The van der Waals surface area contributed by atoms with Crippen LogP contribution in [0.4, 0.5) is 0 Å². The van der Waals surface area contributed by atoms with E-state index in [1.807, 2.05) is 0 Å². The molecule has 1 atom stereocenters. The molecule has 4 bridgehead atoms. The van der Waals surface area contributed by atoms with Gasteiger partial charge in [-0.3, -0.25) is 9.59 Å². The van der Waals surface area contributed by atoms with Crippen LogP contribution in [-0.2, 0) is 9.59 Å². The van der Waals surface area contributed by atoms with E-state index in [0.29, 0.717) is 5.92 Å². The highest BCUT2D eigenvalue weighted by atomic mass is 16.2. The molecule has 5 saturated carbocycles. The van der Waals surface area contributed by atoms with Gasteiger partial charge in [-0.05, 0) is 68.6 Å². The molecular weight excluding hydrogens is 264 g/mol. The summed E-state index contributed by atoms with van der Waals surface area (Å²) < 4.78 is 0. The van der Waals surface area contributed by atoms with Crippen molar-refractivity contribution in [2.75, 3.05) is 0 Å². The summed E-state index contributed by atoms with van der Waals surface area (Å²) in [5.74, 6) is 2.61. The van der Waals surface area contributed by atoms with Crippen molar-refractivity contribution in [3.63, 3.8) is 0 Å². The Hall–Kier alpha value is -1.06. The fourth-order valence-electron chi connectivity index (χ4n) is 5.63. The molecule has 0 aliphatic heterocycles. The lowest BCUT2D eigenvalue weighted by atomic mass is 9.49. The van der Waals surface area contributed by atoms with Gasteiger partial charge in [-0.25, -0.2) is 0 Å². The SMILES string of the molecule is NC(=O)[C@@H](CC1CC1)NC(=O)C12CC3CC(CC(C3)C1)C2. The number of nitrogens with one attached hydrogen (secondary N) is 1. The number of carbonyl (C=O) groups excluding carboxylic acids is 2. The van der Waals surface area contributed by atoms with E-state index in [4.69, 9.17) is 5.73 Å². The second-order valence-corrected chi connectivity index (χ2v) is 8.31. The first-order chi connectivity index (χ1) is 10.0. The molecule has 5 aliphatic carbocycles. The van der Waals surface area contributed by atoms with Gasteiger partial charge in [-0.1, -0.05) is 12.8 Å². The van der Waals surface area contributed by atoms with E-state index in [9.17, 15) is 9.59 Å². The van der Waals surface area contributed by atoms with Crippen LogP contribution in [0.5, 0.6) is 0 Å². The largest absolute Gasteiger partial charge is 0.368 e. The number of carbonyl (C=O) groups is 2. The first-order valence-corrected chi connectivity index (χ1v) is 8.64. The molecular formula is C17H26N2O2. The molecule has 0 unspecified atom stereocenters. The molecule has 21 heavy (non-hydrogen) atoms. The summed E-state index contributed by atoms with van der Waals surface area (Å²) >= 11 is 0. The van der Waals surface area contributed by atoms with Gasteiger partial charge in [0, 0.05) is 5.41 Å². The molecule has 4 nitrogen and oxygen atoms in total. The predicted molar refractivity (Wildman–Crippen MR) is 79.1 cm³/mol. The average molecular weight is 290 g/mol. The highest BCUT2D eigenvalue weighted by Crippen LogP contribution is 2.60. The Bertz CT molecular complexity index is 434. The number of hydrogen-bond acceptors (Lipinski definition) is 2. The minimum absolute atomic E-state index is 0.131. The number of nitrogens with two attached hydrogens (primary N) is 1. The molecule has 0 spiro atoms. The van der Waals surface area contributed by atoms with Gasteiger partial charge in [0.1, 0.15) is 6.04 Å². The molecule has 5 aliphatic rings. The molecule has 0 heterocycles. The van der Waals surface area contributed by atoms with E-state index < -0.39 is 6.04 Å². The van der Waals surface area contributed by atoms with Crippen molar-refractivity contribution >= 4 is 11.8 Å². The van der Waals surface area contributed by atoms with E-state index in [2.05, 4.69) is 5.32 Å². The fraction of sp³-hybridized carbons (Fsp3) is 0.882. The van der Waals surface area contributed by atoms with Crippen molar-refractivity contribution in [3.05, 3.63) is 0 Å². The molecule has 0 radical (unpaired) electrons. The summed E-state index contributed by atoms with van der Waals surface area (Å²) in [6.45, 7) is 0. The highest BCUT2D eigenvalue weighted by molar-refractivity contribution is 5.89. The second kappa shape index (κ2) is 4.72. The Morgan fingerprint density at radius 3 is 2.00 bits per heavy atom. The standard InChI is InChI=1S/C17H26N2O2/c18-15(20)14(6-10-1-2-10)19-16(21)17-7-11-3-12(8-17)5-13(4-11)9-17/h10-14H,1-9H2,(H2,18,20)(H,19,21)/t11?,12?,13?,14-,17?/m1/s1. The van der Waals surface area contributed by atoms with E-state index in [0.717, 1.165) is 43.4 Å². The molecule has 5 fully saturated rings. The Morgan fingerprint density at radius 1 is 1.05 bits per heavy atom. The van der Waals surface area contributed by atoms with Crippen LogP contribution in [0.1, 0.15) is 57.8 Å². The van der Waals surface area contributed by atoms with Crippen LogP contribution in [0.2, 0.25) is 0 Å². The number of hydrogen-bond donors (Lipinski definition) is 2. The van der Waals surface area contributed by atoms with Crippen molar-refractivity contribution in [1.82, 2.24) is 5.32 Å². The maximum absolute atomic E-state index is 12.9. The lowest BCUT2D eigenvalue weighted by Gasteiger charge is -2.55. The van der Waals surface area contributed by atoms with Gasteiger partial charge >= 0.3 is 0 Å². The lowest BCUT2D eigenvalue weighted by molar-refractivity contribution is -0.148. The lowest BCUT2D eigenvalue weighted by Crippen LogP contribution is -2.57. The zero-order chi connectivity index (χ0) is 14.6. The fourth-order valence-corrected chi connectivity index (χ4v) is 5.63. The molecule has 116 valence electrons. The smallest absolute Gasteiger partial charge is 0.240 e. The second-order valence-electron chi connectivity index (χ2n) is 8.31. The number of rotatable bonds is 5. The van der Waals surface area contributed by atoms with Gasteiger partial charge in [-0.15, -0.1) is 0 Å². The molecule has 0 aromatic rings. The third-order valence-corrected chi connectivity index (χ3v) is 6.43. The summed E-state index contributed by atoms with van der Waals surface area (Å²) in [6.07, 6.45) is 10.2. The van der Waals surface area contributed by atoms with Crippen molar-refractivity contribution in [2.45, 2.75) is 63.8 Å². The van der Waals surface area contributed by atoms with Crippen LogP contribution in [0, 0.1) is 29.1 Å². The summed E-state index contributed by atoms with van der Waals surface area (Å²) in [4.78, 5) is 24.5. The topological polar surface area (TPSA) is 72.2 Å². The van der Waals surface area contributed by atoms with Gasteiger partial charge in [0.05, 0.1) is 0 Å². The Morgan fingerprint density at radius 2 is 1.57 bits per heavy atom. The van der Waals surface area contributed by atoms with Crippen LogP contribution >= 0.6 is 0 Å². The van der Waals surface area contributed by atoms with E-state index in [1.54, 1.807) is 0 Å². The number of primary amides is 1. The summed E-state index contributed by atoms with van der Waals surface area (Å²) in [7, 11) is 0. The minimum atomic E-state index is -0.446. The molecule has 4 heteroatoms. The van der Waals surface area contributed by atoms with Crippen LogP contribution in [0.3, 0.4) is 0 Å². The molecule has 0 aromatic carbocycles. The van der Waals surface area contributed by atoms with Gasteiger partial charge in [-0.2, -0.15) is 0 Å². The predicted octanol–water partition coefficient (Wildman–Crippen LogP) is 1.97. The quantitative estimate of drug-likeness (QED) is 0.812. The number of amides is 2. The average Bonchev–Trinajstić information content (AvgIpc) is 3.20. The molecule has 3 N–H and O–H groups in total. The monoisotopic (exact) mass is 290 g/mol. The van der Waals surface area contributed by atoms with Gasteiger partial charge < -0.3 is 11.1 Å². The van der Waals surface area contributed by atoms with Gasteiger partial charge in [0.25, 0.3) is 0 Å². The van der Waals surface area contributed by atoms with Gasteiger partial charge in [0.15, 0.2) is 0 Å². The van der Waals surface area contributed by atoms with Crippen molar-refractivity contribution in [3.8, 4) is 0 Å². The maximum atomic E-state index is 12.9. The minimum Gasteiger partial charge on any atom is -0.368 e. The normalized spacial score (nSPS) is 41.8. The Kier molecular flexibility index (Phi) is 3.05. The zero-order valence-corrected chi connectivity index (χ0v) is 12.6. The van der Waals surface area contributed by atoms with Crippen molar-refractivity contribution in [1.29, 1.82) is 0 Å². The van der Waals surface area contributed by atoms with Gasteiger partial charge in [0.2, 0.25) is 11.8 Å². The van der Waals surface area contributed by atoms with Crippen LogP contribution < -0.4 is 11.1 Å². The summed E-state index contributed by atoms with van der Waals surface area (Å²) in [5, 5.41) is 3.03. The Labute approximate surface area is 126 Å². The molecule has 5 rings (SSSR count). The van der Waals surface area contributed by atoms with Crippen LogP contribution in [-0.4, -0.2) is 17.9 Å². The van der Waals surface area contributed by atoms with Crippen molar-refractivity contribution in [2.24, 2.45) is 34.8 Å². The van der Waals surface area contributed by atoms with Crippen LogP contribution in [0.25, 0.3) is 0 Å². The zero-order valence-electron chi connectivity index (χ0n) is 12.6.